The van der Waals surface area contributed by atoms with E-state index < -0.39 is 6.67 Å². The molecule has 1 aliphatic carbocycles. The van der Waals surface area contributed by atoms with Crippen LogP contribution in [-0.4, -0.2) is 11.7 Å². The van der Waals surface area contributed by atoms with Crippen molar-refractivity contribution in [3.05, 3.63) is 29.3 Å². The van der Waals surface area contributed by atoms with E-state index in [9.17, 15) is 9.50 Å². The number of hydrogen-bond donors (Lipinski definition) is 2. The van der Waals surface area contributed by atoms with Gasteiger partial charge in [0.05, 0.1) is 0 Å². The monoisotopic (exact) mass is 195 g/mol. The average molecular weight is 195 g/mol. The molecule has 76 valence electrons. The number of nitrogens with two attached hydrogens (primary N) is 1. The molecule has 1 aromatic rings. The number of hydrogen-bond acceptors (Lipinski definition) is 2. The first-order chi connectivity index (χ1) is 6.72. The Balaban J connectivity index is 2.41. The minimum absolute atomic E-state index is 0.0741. The predicted molar refractivity (Wildman–Crippen MR) is 52.9 cm³/mol. The molecule has 0 spiro atoms. The second-order valence-electron chi connectivity index (χ2n) is 3.97. The van der Waals surface area contributed by atoms with Crippen LogP contribution < -0.4 is 5.73 Å². The van der Waals surface area contributed by atoms with Gasteiger partial charge in [-0.15, -0.1) is 0 Å². The van der Waals surface area contributed by atoms with Crippen LogP contribution in [0.1, 0.15) is 24.0 Å². The van der Waals surface area contributed by atoms with E-state index in [1.807, 2.05) is 0 Å². The second-order valence-corrected chi connectivity index (χ2v) is 3.97. The van der Waals surface area contributed by atoms with Gasteiger partial charge in [-0.2, -0.15) is 0 Å². The summed E-state index contributed by atoms with van der Waals surface area (Å²) in [5, 5.41) is 9.66. The number of rotatable bonds is 3. The zero-order valence-electron chi connectivity index (χ0n) is 7.96. The quantitative estimate of drug-likeness (QED) is 0.773. The van der Waals surface area contributed by atoms with Gasteiger partial charge < -0.3 is 10.8 Å². The van der Waals surface area contributed by atoms with Gasteiger partial charge in [0.1, 0.15) is 12.4 Å². The van der Waals surface area contributed by atoms with E-state index in [1.165, 1.54) is 0 Å². The lowest BCUT2D eigenvalue weighted by atomic mass is 9.93. The Kier molecular flexibility index (Phi) is 2.19. The number of phenols is 1. The third-order valence-corrected chi connectivity index (χ3v) is 3.03. The van der Waals surface area contributed by atoms with Gasteiger partial charge in [-0.1, -0.05) is 6.07 Å². The van der Waals surface area contributed by atoms with E-state index in [0.29, 0.717) is 12.1 Å². The fourth-order valence-electron chi connectivity index (χ4n) is 1.83. The summed E-state index contributed by atoms with van der Waals surface area (Å²) in [5.41, 5.74) is 7.01. The van der Waals surface area contributed by atoms with Gasteiger partial charge in [-0.25, -0.2) is 4.39 Å². The normalized spacial score (nSPS) is 18.1. The third kappa shape index (κ3) is 1.38. The molecule has 0 unspecified atom stereocenters. The summed E-state index contributed by atoms with van der Waals surface area (Å²) >= 11 is 0. The molecule has 1 aliphatic rings. The van der Waals surface area contributed by atoms with E-state index in [-0.39, 0.29) is 11.2 Å². The summed E-state index contributed by atoms with van der Waals surface area (Å²) in [5.74, 6) is 0.241. The first kappa shape index (κ1) is 9.46. The molecule has 2 rings (SSSR count). The largest absolute Gasteiger partial charge is 0.508 e. The zero-order chi connectivity index (χ0) is 10.2. The lowest BCUT2D eigenvalue weighted by molar-refractivity contribution is 0.454. The molecule has 0 radical (unpaired) electrons. The predicted octanol–water partition coefficient (Wildman–Crippen LogP) is 1.85. The smallest absolute Gasteiger partial charge is 0.119 e. The number of aromatic hydroxyl groups is 1. The van der Waals surface area contributed by atoms with Gasteiger partial charge in [-0.05, 0) is 30.5 Å². The number of phenolic OH excluding ortho intramolecular Hbond substituents is 1. The summed E-state index contributed by atoms with van der Waals surface area (Å²) in [7, 11) is 0. The molecule has 3 heteroatoms. The average Bonchev–Trinajstić information content (AvgIpc) is 2.99. The maximum Gasteiger partial charge on any atom is 0.119 e. The molecule has 0 aliphatic heterocycles. The number of alkyl halides is 1. The van der Waals surface area contributed by atoms with Crippen molar-refractivity contribution < 1.29 is 9.50 Å². The Bertz CT molecular complexity index is 347. The molecule has 1 fully saturated rings. The molecule has 0 aromatic heterocycles. The lowest BCUT2D eigenvalue weighted by Gasteiger charge is -2.15. The Labute approximate surface area is 82.5 Å². The van der Waals surface area contributed by atoms with Crippen LogP contribution in [-0.2, 0) is 12.1 Å². The molecule has 0 bridgehead atoms. The molecule has 0 heterocycles. The Morgan fingerprint density at radius 2 is 2.14 bits per heavy atom. The van der Waals surface area contributed by atoms with Crippen LogP contribution in [0.4, 0.5) is 4.39 Å². The molecular formula is C11H14FNO. The van der Waals surface area contributed by atoms with Gasteiger partial charge in [0, 0.05) is 17.5 Å². The molecule has 0 atom stereocenters. The van der Waals surface area contributed by atoms with E-state index in [0.717, 1.165) is 18.4 Å². The maximum absolute atomic E-state index is 12.4. The minimum Gasteiger partial charge on any atom is -0.508 e. The fourth-order valence-corrected chi connectivity index (χ4v) is 1.83. The highest BCUT2D eigenvalue weighted by Crippen LogP contribution is 2.50. The van der Waals surface area contributed by atoms with E-state index in [1.54, 1.807) is 18.2 Å². The van der Waals surface area contributed by atoms with Crippen molar-refractivity contribution in [2.24, 2.45) is 5.73 Å². The number of benzene rings is 1. The Morgan fingerprint density at radius 1 is 1.43 bits per heavy atom. The Morgan fingerprint density at radius 3 is 2.64 bits per heavy atom. The zero-order valence-corrected chi connectivity index (χ0v) is 7.96. The lowest BCUT2D eigenvalue weighted by Crippen LogP contribution is -2.19. The van der Waals surface area contributed by atoms with Crippen LogP contribution in [0.25, 0.3) is 0 Å². The summed E-state index contributed by atoms with van der Waals surface area (Å²) in [4.78, 5) is 0. The first-order valence-corrected chi connectivity index (χ1v) is 4.80. The molecule has 1 saturated carbocycles. The van der Waals surface area contributed by atoms with E-state index in [4.69, 9.17) is 5.73 Å². The van der Waals surface area contributed by atoms with Crippen molar-refractivity contribution in [1.29, 1.82) is 0 Å². The van der Waals surface area contributed by atoms with Crippen molar-refractivity contribution >= 4 is 0 Å². The maximum atomic E-state index is 12.4. The van der Waals surface area contributed by atoms with Gasteiger partial charge >= 0.3 is 0 Å². The van der Waals surface area contributed by atoms with Crippen molar-refractivity contribution in [1.82, 2.24) is 0 Å². The third-order valence-electron chi connectivity index (χ3n) is 3.03. The van der Waals surface area contributed by atoms with Crippen LogP contribution in [0.5, 0.6) is 5.75 Å². The molecule has 0 amide bonds. The highest BCUT2D eigenvalue weighted by atomic mass is 19.1. The summed E-state index contributed by atoms with van der Waals surface area (Å²) in [6.45, 7) is 0.0320. The molecule has 1 aromatic carbocycles. The molecule has 0 saturated heterocycles. The van der Waals surface area contributed by atoms with Crippen molar-refractivity contribution in [2.45, 2.75) is 24.9 Å². The van der Waals surface area contributed by atoms with Gasteiger partial charge in [0.2, 0.25) is 0 Å². The highest BCUT2D eigenvalue weighted by molar-refractivity contribution is 5.45. The van der Waals surface area contributed by atoms with Crippen molar-refractivity contribution in [3.63, 3.8) is 0 Å². The van der Waals surface area contributed by atoms with Gasteiger partial charge in [0.25, 0.3) is 0 Å². The molecule has 14 heavy (non-hydrogen) atoms. The number of halogens is 1. The Hall–Kier alpha value is -1.09. The van der Waals surface area contributed by atoms with Crippen molar-refractivity contribution in [3.8, 4) is 5.75 Å². The van der Waals surface area contributed by atoms with Crippen molar-refractivity contribution in [2.75, 3.05) is 6.54 Å². The SMILES string of the molecule is NCC1(c2cc(CF)ccc2O)CC1. The first-order valence-electron chi connectivity index (χ1n) is 4.80. The summed E-state index contributed by atoms with van der Waals surface area (Å²) < 4.78 is 12.4. The van der Waals surface area contributed by atoms with Crippen LogP contribution in [0.3, 0.4) is 0 Å². The fraction of sp³-hybridized carbons (Fsp3) is 0.455. The van der Waals surface area contributed by atoms with E-state index >= 15 is 0 Å². The highest BCUT2D eigenvalue weighted by Gasteiger charge is 2.44. The van der Waals surface area contributed by atoms with Crippen LogP contribution in [0.15, 0.2) is 18.2 Å². The molecule has 2 nitrogen and oxygen atoms in total. The van der Waals surface area contributed by atoms with Crippen LogP contribution in [0, 0.1) is 0 Å². The van der Waals surface area contributed by atoms with Crippen LogP contribution >= 0.6 is 0 Å². The second kappa shape index (κ2) is 3.24. The summed E-state index contributed by atoms with van der Waals surface area (Å²) in [6.07, 6.45) is 1.99. The topological polar surface area (TPSA) is 46.2 Å². The standard InChI is InChI=1S/C11H14FNO/c12-6-8-1-2-10(14)9(5-8)11(7-13)3-4-11/h1-2,5,14H,3-4,6-7,13H2. The van der Waals surface area contributed by atoms with E-state index in [2.05, 4.69) is 0 Å². The van der Waals surface area contributed by atoms with Crippen LogP contribution in [0.2, 0.25) is 0 Å². The summed E-state index contributed by atoms with van der Waals surface area (Å²) in [6, 6.07) is 4.89. The minimum atomic E-state index is -0.492. The van der Waals surface area contributed by atoms with Gasteiger partial charge in [0.15, 0.2) is 0 Å². The van der Waals surface area contributed by atoms with Gasteiger partial charge in [-0.3, -0.25) is 0 Å². The molecule has 3 N–H and O–H groups in total. The molecular weight excluding hydrogens is 181 g/mol.